The lowest BCUT2D eigenvalue weighted by Gasteiger charge is -2.34. The molecule has 6 heteroatoms. The summed E-state index contributed by atoms with van der Waals surface area (Å²) in [4.78, 5) is 13.1. The van der Waals surface area contributed by atoms with Crippen LogP contribution in [0.15, 0.2) is 22.7 Å². The van der Waals surface area contributed by atoms with Gasteiger partial charge in [-0.15, -0.1) is 0 Å². The highest BCUT2D eigenvalue weighted by molar-refractivity contribution is 9.10. The molecule has 0 radical (unpaired) electrons. The van der Waals surface area contributed by atoms with E-state index in [2.05, 4.69) is 26.1 Å². The van der Waals surface area contributed by atoms with E-state index in [9.17, 15) is 10.1 Å². The molecule has 0 spiro atoms. The third-order valence-corrected chi connectivity index (χ3v) is 5.07. The number of rotatable bonds is 3. The lowest BCUT2D eigenvalue weighted by atomic mass is 9.88. The number of hydrogen-bond donors (Lipinski definition) is 1. The fraction of sp³-hybridized carbons (Fsp3) is 0.571. The van der Waals surface area contributed by atoms with Crippen molar-refractivity contribution in [3.63, 3.8) is 0 Å². The Morgan fingerprint density at radius 2 is 2.20 bits per heavy atom. The molecular formula is C14H18BrN3O2. The van der Waals surface area contributed by atoms with Gasteiger partial charge in [0, 0.05) is 19.2 Å². The second-order valence-corrected chi connectivity index (χ2v) is 6.60. The summed E-state index contributed by atoms with van der Waals surface area (Å²) in [6, 6.07) is 5.43. The molecule has 2 fully saturated rings. The summed E-state index contributed by atoms with van der Waals surface area (Å²) in [7, 11) is 0. The predicted octanol–water partition coefficient (Wildman–Crippen LogP) is 2.40. The maximum Gasteiger partial charge on any atom is 0.283 e. The van der Waals surface area contributed by atoms with Crippen LogP contribution < -0.4 is 5.32 Å². The van der Waals surface area contributed by atoms with E-state index in [4.69, 9.17) is 0 Å². The van der Waals surface area contributed by atoms with Crippen molar-refractivity contribution in [2.24, 2.45) is 11.8 Å². The highest BCUT2D eigenvalue weighted by atomic mass is 79.9. The minimum Gasteiger partial charge on any atom is -0.316 e. The molecule has 2 saturated heterocycles. The molecule has 1 aromatic carbocycles. The SMILES string of the molecule is O=[N+]([O-])c1cc(CN2CCC3CNCC3C2)ccc1Br. The number of nitrogens with zero attached hydrogens (tertiary/aromatic N) is 2. The molecule has 0 aromatic heterocycles. The molecule has 1 N–H and O–H groups in total. The summed E-state index contributed by atoms with van der Waals surface area (Å²) < 4.78 is 0.546. The minimum atomic E-state index is -0.333. The molecule has 1 aromatic rings. The van der Waals surface area contributed by atoms with E-state index < -0.39 is 0 Å². The molecule has 2 atom stereocenters. The Kier molecular flexibility index (Phi) is 4.05. The average Bonchev–Trinajstić information content (AvgIpc) is 2.88. The molecule has 0 bridgehead atoms. The molecule has 2 aliphatic heterocycles. The topological polar surface area (TPSA) is 58.4 Å². The molecule has 20 heavy (non-hydrogen) atoms. The fourth-order valence-corrected chi connectivity index (χ4v) is 3.70. The molecule has 3 rings (SSSR count). The van der Waals surface area contributed by atoms with Gasteiger partial charge in [-0.2, -0.15) is 0 Å². The largest absolute Gasteiger partial charge is 0.316 e. The van der Waals surface area contributed by atoms with Gasteiger partial charge in [0.05, 0.1) is 9.40 Å². The van der Waals surface area contributed by atoms with Gasteiger partial charge in [-0.25, -0.2) is 0 Å². The van der Waals surface area contributed by atoms with E-state index >= 15 is 0 Å². The van der Waals surface area contributed by atoms with Gasteiger partial charge in [0.15, 0.2) is 0 Å². The zero-order chi connectivity index (χ0) is 14.1. The molecule has 0 amide bonds. The van der Waals surface area contributed by atoms with E-state index in [0.717, 1.165) is 50.1 Å². The summed E-state index contributed by atoms with van der Waals surface area (Å²) in [6.07, 6.45) is 1.23. The second kappa shape index (κ2) is 5.79. The van der Waals surface area contributed by atoms with Crippen molar-refractivity contribution >= 4 is 21.6 Å². The summed E-state index contributed by atoms with van der Waals surface area (Å²) in [5, 5.41) is 14.4. The first-order chi connectivity index (χ1) is 9.63. The minimum absolute atomic E-state index is 0.153. The van der Waals surface area contributed by atoms with E-state index in [1.54, 1.807) is 12.1 Å². The number of likely N-dealkylation sites (tertiary alicyclic amines) is 1. The van der Waals surface area contributed by atoms with Crippen LogP contribution in [0.5, 0.6) is 0 Å². The Morgan fingerprint density at radius 3 is 3.00 bits per heavy atom. The molecule has 2 heterocycles. The lowest BCUT2D eigenvalue weighted by Crippen LogP contribution is -2.39. The Morgan fingerprint density at radius 1 is 1.40 bits per heavy atom. The molecule has 5 nitrogen and oxygen atoms in total. The summed E-state index contributed by atoms with van der Waals surface area (Å²) in [6.45, 7) is 5.26. The van der Waals surface area contributed by atoms with Gasteiger partial charge < -0.3 is 5.32 Å². The van der Waals surface area contributed by atoms with Crippen LogP contribution in [-0.4, -0.2) is 36.0 Å². The quantitative estimate of drug-likeness (QED) is 0.678. The van der Waals surface area contributed by atoms with Crippen LogP contribution in [0.3, 0.4) is 0 Å². The summed E-state index contributed by atoms with van der Waals surface area (Å²) >= 11 is 3.23. The Labute approximate surface area is 126 Å². The van der Waals surface area contributed by atoms with E-state index in [1.807, 2.05) is 6.07 Å². The number of nitro groups is 1. The fourth-order valence-electron chi connectivity index (χ4n) is 3.31. The number of halogens is 1. The predicted molar refractivity (Wildman–Crippen MR) is 80.5 cm³/mol. The van der Waals surface area contributed by atoms with E-state index in [1.165, 1.54) is 6.42 Å². The van der Waals surface area contributed by atoms with Crippen molar-refractivity contribution < 1.29 is 4.92 Å². The Bertz CT molecular complexity index is 523. The van der Waals surface area contributed by atoms with Crippen LogP contribution in [0.4, 0.5) is 5.69 Å². The zero-order valence-electron chi connectivity index (χ0n) is 11.2. The monoisotopic (exact) mass is 339 g/mol. The van der Waals surface area contributed by atoms with Crippen LogP contribution in [0.25, 0.3) is 0 Å². The van der Waals surface area contributed by atoms with Crippen LogP contribution >= 0.6 is 15.9 Å². The zero-order valence-corrected chi connectivity index (χ0v) is 12.8. The molecule has 108 valence electrons. The third kappa shape index (κ3) is 2.87. The second-order valence-electron chi connectivity index (χ2n) is 5.75. The number of nitrogens with one attached hydrogen (secondary N) is 1. The van der Waals surface area contributed by atoms with Crippen LogP contribution in [-0.2, 0) is 6.54 Å². The van der Waals surface area contributed by atoms with E-state index in [0.29, 0.717) is 4.47 Å². The lowest BCUT2D eigenvalue weighted by molar-refractivity contribution is -0.385. The standard InChI is InChI=1S/C14H18BrN3O2/c15-13-2-1-10(5-14(13)18(19)20)8-17-4-3-11-6-16-7-12(11)9-17/h1-2,5,11-12,16H,3-4,6-9H2. The Balaban J connectivity index is 1.68. The van der Waals surface area contributed by atoms with Gasteiger partial charge in [-0.3, -0.25) is 15.0 Å². The van der Waals surface area contributed by atoms with Gasteiger partial charge in [-0.05, 0) is 65.5 Å². The molecule has 0 aliphatic carbocycles. The van der Waals surface area contributed by atoms with Gasteiger partial charge in [0.2, 0.25) is 0 Å². The Hall–Kier alpha value is -0.980. The smallest absolute Gasteiger partial charge is 0.283 e. The van der Waals surface area contributed by atoms with Crippen molar-refractivity contribution in [1.82, 2.24) is 10.2 Å². The first-order valence-electron chi connectivity index (χ1n) is 6.99. The first kappa shape index (κ1) is 14.0. The summed E-state index contributed by atoms with van der Waals surface area (Å²) in [5.41, 5.74) is 1.17. The number of fused-ring (bicyclic) bond motifs is 1. The van der Waals surface area contributed by atoms with Crippen molar-refractivity contribution in [1.29, 1.82) is 0 Å². The van der Waals surface area contributed by atoms with Crippen LogP contribution in [0, 0.1) is 22.0 Å². The van der Waals surface area contributed by atoms with Gasteiger partial charge in [0.25, 0.3) is 5.69 Å². The highest BCUT2D eigenvalue weighted by Crippen LogP contribution is 2.29. The summed E-state index contributed by atoms with van der Waals surface area (Å²) in [5.74, 6) is 1.57. The van der Waals surface area contributed by atoms with Crippen LogP contribution in [0.1, 0.15) is 12.0 Å². The van der Waals surface area contributed by atoms with Gasteiger partial charge >= 0.3 is 0 Å². The van der Waals surface area contributed by atoms with Crippen molar-refractivity contribution in [3.05, 3.63) is 38.3 Å². The molecule has 2 aliphatic rings. The molecular weight excluding hydrogens is 322 g/mol. The molecule has 0 saturated carbocycles. The number of nitro benzene ring substituents is 1. The highest BCUT2D eigenvalue weighted by Gasteiger charge is 2.32. The first-order valence-corrected chi connectivity index (χ1v) is 7.78. The third-order valence-electron chi connectivity index (χ3n) is 4.40. The van der Waals surface area contributed by atoms with Crippen molar-refractivity contribution in [3.8, 4) is 0 Å². The van der Waals surface area contributed by atoms with Gasteiger partial charge in [0.1, 0.15) is 0 Å². The van der Waals surface area contributed by atoms with Crippen molar-refractivity contribution in [2.75, 3.05) is 26.2 Å². The van der Waals surface area contributed by atoms with Gasteiger partial charge in [-0.1, -0.05) is 6.07 Å². The number of hydrogen-bond acceptors (Lipinski definition) is 4. The number of benzene rings is 1. The maximum absolute atomic E-state index is 11.0. The van der Waals surface area contributed by atoms with Crippen LogP contribution in [0.2, 0.25) is 0 Å². The van der Waals surface area contributed by atoms with Crippen molar-refractivity contribution in [2.45, 2.75) is 13.0 Å². The average molecular weight is 340 g/mol. The van der Waals surface area contributed by atoms with E-state index in [-0.39, 0.29) is 10.6 Å². The molecule has 2 unspecified atom stereocenters. The normalized spacial score (nSPS) is 26.4. The maximum atomic E-state index is 11.0. The number of piperidine rings is 1.